The summed E-state index contributed by atoms with van der Waals surface area (Å²) >= 11 is 0. The number of carbonyl (C=O) groups is 5. The van der Waals surface area contributed by atoms with Gasteiger partial charge in [0.25, 0.3) is 15.9 Å². The number of benzene rings is 2. The van der Waals surface area contributed by atoms with Crippen molar-refractivity contribution >= 4 is 40.2 Å². The average Bonchev–Trinajstić information content (AvgIpc) is 3.13. The highest BCUT2D eigenvalue weighted by atomic mass is 32.2. The van der Waals surface area contributed by atoms with Crippen LogP contribution in [-0.4, -0.2) is 77.8 Å². The number of hydrogen-bond acceptors (Lipinski definition) is 10. The standard InChI is InChI=1S/C28H33N3O11S/c1-28(2,3)42-27(37)31(26(36)41-18-30-23(32)20-13-7-8-15-22(20)43(30,38)39)21(24(33)34)14-9-10-16-29-25(35)40-17-19-11-5-4-6-12-19/h4-8,11-13,15,21H,9-10,14,16-18H2,1-3H3,(H,29,35)(H,33,34)/t21-/m1/s1. The zero-order valence-electron chi connectivity index (χ0n) is 23.8. The van der Waals surface area contributed by atoms with Crippen molar-refractivity contribution in [1.82, 2.24) is 14.5 Å². The van der Waals surface area contributed by atoms with Crippen LogP contribution in [0.3, 0.4) is 0 Å². The van der Waals surface area contributed by atoms with Gasteiger partial charge in [0.2, 0.25) is 0 Å². The number of ether oxygens (including phenoxy) is 3. The molecular formula is C28H33N3O11S. The number of unbranched alkanes of at least 4 members (excludes halogenated alkanes) is 1. The van der Waals surface area contributed by atoms with Gasteiger partial charge in [0.1, 0.15) is 23.1 Å². The maximum atomic E-state index is 13.1. The highest BCUT2D eigenvalue weighted by molar-refractivity contribution is 7.90. The first-order valence-electron chi connectivity index (χ1n) is 13.2. The smallest absolute Gasteiger partial charge is 0.421 e. The lowest BCUT2D eigenvalue weighted by molar-refractivity contribution is -0.143. The topological polar surface area (TPSA) is 186 Å². The Morgan fingerprint density at radius 2 is 1.60 bits per heavy atom. The summed E-state index contributed by atoms with van der Waals surface area (Å²) in [5, 5.41) is 12.4. The third kappa shape index (κ3) is 8.67. The van der Waals surface area contributed by atoms with Gasteiger partial charge in [-0.25, -0.2) is 27.6 Å². The fourth-order valence-corrected chi connectivity index (χ4v) is 5.40. The van der Waals surface area contributed by atoms with Crippen LogP contribution in [0.15, 0.2) is 59.5 Å². The number of imide groups is 1. The number of carboxylic acid groups (broad SMARTS) is 1. The van der Waals surface area contributed by atoms with Crippen molar-refractivity contribution in [2.75, 3.05) is 13.3 Å². The molecule has 4 amide bonds. The first-order chi connectivity index (χ1) is 20.2. The van der Waals surface area contributed by atoms with Gasteiger partial charge >= 0.3 is 24.2 Å². The molecule has 0 unspecified atom stereocenters. The van der Waals surface area contributed by atoms with Gasteiger partial charge < -0.3 is 24.6 Å². The molecule has 1 atom stereocenters. The predicted octanol–water partition coefficient (Wildman–Crippen LogP) is 3.71. The monoisotopic (exact) mass is 619 g/mol. The molecule has 14 nitrogen and oxygen atoms in total. The fraction of sp³-hybridized carbons (Fsp3) is 0.393. The average molecular weight is 620 g/mol. The number of aliphatic carboxylic acids is 1. The quantitative estimate of drug-likeness (QED) is 0.276. The van der Waals surface area contributed by atoms with Gasteiger partial charge in [-0.05, 0) is 57.7 Å². The summed E-state index contributed by atoms with van der Waals surface area (Å²) in [6.07, 6.45) is -3.39. The number of fused-ring (bicyclic) bond motifs is 1. The van der Waals surface area contributed by atoms with Crippen molar-refractivity contribution in [2.45, 2.75) is 63.2 Å². The summed E-state index contributed by atoms with van der Waals surface area (Å²) in [6, 6.07) is 12.7. The SMILES string of the molecule is CC(C)(C)OC(=O)N(C(=O)OCN1C(=O)c2ccccc2S1(=O)=O)[C@H](CCCCNC(=O)OCc1ccccc1)C(=O)O. The molecule has 232 valence electrons. The summed E-state index contributed by atoms with van der Waals surface area (Å²) in [6.45, 7) is 3.58. The Hall–Kier alpha value is -4.66. The van der Waals surface area contributed by atoms with E-state index >= 15 is 0 Å². The summed E-state index contributed by atoms with van der Waals surface area (Å²) in [5.74, 6) is -2.51. The minimum atomic E-state index is -4.34. The van der Waals surface area contributed by atoms with E-state index in [0.29, 0.717) is 4.31 Å². The lowest BCUT2D eigenvalue weighted by Gasteiger charge is -2.29. The van der Waals surface area contributed by atoms with E-state index in [4.69, 9.17) is 14.2 Å². The summed E-state index contributed by atoms with van der Waals surface area (Å²) < 4.78 is 41.2. The van der Waals surface area contributed by atoms with E-state index in [2.05, 4.69) is 5.32 Å². The molecule has 0 saturated heterocycles. The van der Waals surface area contributed by atoms with Crippen LogP contribution in [0.2, 0.25) is 0 Å². The summed E-state index contributed by atoms with van der Waals surface area (Å²) in [7, 11) is -4.34. The minimum Gasteiger partial charge on any atom is -0.480 e. The second-order valence-electron chi connectivity index (χ2n) is 10.4. The number of alkyl carbamates (subject to hydrolysis) is 1. The molecule has 15 heteroatoms. The van der Waals surface area contributed by atoms with Crippen LogP contribution in [0.25, 0.3) is 0 Å². The lowest BCUT2D eigenvalue weighted by Crippen LogP contribution is -2.51. The van der Waals surface area contributed by atoms with E-state index in [-0.39, 0.29) is 47.8 Å². The Kier molecular flexibility index (Phi) is 10.7. The van der Waals surface area contributed by atoms with Gasteiger partial charge in [0, 0.05) is 6.54 Å². The highest BCUT2D eigenvalue weighted by Gasteiger charge is 2.43. The first-order valence-corrected chi connectivity index (χ1v) is 14.7. The fourth-order valence-electron chi connectivity index (χ4n) is 3.97. The molecule has 1 aliphatic heterocycles. The number of nitrogens with one attached hydrogen (secondary N) is 1. The number of sulfonamides is 1. The molecular weight excluding hydrogens is 586 g/mol. The Labute approximate surface area is 248 Å². The van der Waals surface area contributed by atoms with Crippen LogP contribution >= 0.6 is 0 Å². The number of nitrogens with zero attached hydrogens (tertiary/aromatic N) is 2. The highest BCUT2D eigenvalue weighted by Crippen LogP contribution is 2.30. The van der Waals surface area contributed by atoms with E-state index in [9.17, 15) is 37.5 Å². The Morgan fingerprint density at radius 1 is 0.953 bits per heavy atom. The van der Waals surface area contributed by atoms with Crippen molar-refractivity contribution in [2.24, 2.45) is 0 Å². The lowest BCUT2D eigenvalue weighted by atomic mass is 10.1. The molecule has 2 aromatic rings. The maximum Gasteiger partial charge on any atom is 0.421 e. The molecule has 1 heterocycles. The van der Waals surface area contributed by atoms with Gasteiger partial charge in [0.15, 0.2) is 6.73 Å². The van der Waals surface area contributed by atoms with E-state index in [1.807, 2.05) is 6.07 Å². The number of hydrogen-bond donors (Lipinski definition) is 2. The molecule has 1 aliphatic rings. The number of amides is 4. The third-order valence-corrected chi connectivity index (χ3v) is 7.75. The van der Waals surface area contributed by atoms with Crippen LogP contribution in [0.5, 0.6) is 0 Å². The van der Waals surface area contributed by atoms with Crippen molar-refractivity contribution in [3.05, 3.63) is 65.7 Å². The summed E-state index contributed by atoms with van der Waals surface area (Å²) in [5.41, 5.74) is -0.450. The van der Waals surface area contributed by atoms with Crippen LogP contribution in [0.1, 0.15) is 56.0 Å². The molecule has 0 aromatic heterocycles. The largest absolute Gasteiger partial charge is 0.480 e. The molecule has 2 N–H and O–H groups in total. The zero-order valence-corrected chi connectivity index (χ0v) is 24.7. The van der Waals surface area contributed by atoms with Gasteiger partial charge in [-0.1, -0.05) is 42.5 Å². The first kappa shape index (κ1) is 32.8. The predicted molar refractivity (Wildman–Crippen MR) is 149 cm³/mol. The molecule has 0 radical (unpaired) electrons. The van der Waals surface area contributed by atoms with Crippen LogP contribution < -0.4 is 5.32 Å². The number of carboxylic acids is 1. The molecule has 0 fully saturated rings. The van der Waals surface area contributed by atoms with E-state index in [1.54, 1.807) is 24.3 Å². The number of rotatable bonds is 11. The van der Waals surface area contributed by atoms with Gasteiger partial charge in [-0.3, -0.25) is 4.79 Å². The molecule has 0 spiro atoms. The van der Waals surface area contributed by atoms with Crippen molar-refractivity contribution in [3.8, 4) is 0 Å². The van der Waals surface area contributed by atoms with Gasteiger partial charge in [-0.15, -0.1) is 0 Å². The number of carbonyl (C=O) groups excluding carboxylic acids is 4. The van der Waals surface area contributed by atoms with Gasteiger partial charge in [0.05, 0.1) is 5.56 Å². The molecule has 0 bridgehead atoms. The van der Waals surface area contributed by atoms with Crippen molar-refractivity contribution in [1.29, 1.82) is 0 Å². The third-order valence-electron chi connectivity index (χ3n) is 5.99. The maximum absolute atomic E-state index is 13.1. The van der Waals surface area contributed by atoms with Crippen molar-refractivity contribution in [3.63, 3.8) is 0 Å². The second-order valence-corrected chi connectivity index (χ2v) is 12.2. The molecule has 43 heavy (non-hydrogen) atoms. The van der Waals surface area contributed by atoms with E-state index < -0.39 is 58.6 Å². The van der Waals surface area contributed by atoms with E-state index in [0.717, 1.165) is 5.56 Å². The van der Waals surface area contributed by atoms with Gasteiger partial charge in [-0.2, -0.15) is 9.21 Å². The Morgan fingerprint density at radius 3 is 2.23 bits per heavy atom. The zero-order chi connectivity index (χ0) is 31.8. The Bertz CT molecular complexity index is 1460. The molecule has 0 aliphatic carbocycles. The molecule has 3 rings (SSSR count). The van der Waals surface area contributed by atoms with Crippen molar-refractivity contribution < 1.29 is 51.7 Å². The Balaban J connectivity index is 1.62. The summed E-state index contributed by atoms with van der Waals surface area (Å²) in [4.78, 5) is 62.7. The van der Waals surface area contributed by atoms with E-state index in [1.165, 1.54) is 45.0 Å². The normalized spacial score (nSPS) is 14.3. The van der Waals surface area contributed by atoms with Crippen LogP contribution in [0.4, 0.5) is 14.4 Å². The molecule has 2 aromatic carbocycles. The van der Waals surface area contributed by atoms with Crippen LogP contribution in [0, 0.1) is 0 Å². The second kappa shape index (κ2) is 14.0. The minimum absolute atomic E-state index is 0.0666. The van der Waals surface area contributed by atoms with Crippen LogP contribution in [-0.2, 0) is 35.6 Å². The molecule has 0 saturated carbocycles.